The lowest BCUT2D eigenvalue weighted by molar-refractivity contribution is -0.870. The maximum Gasteiger partial charge on any atom is 0.306 e. The van der Waals surface area contributed by atoms with E-state index in [1.165, 1.54) is 180 Å². The van der Waals surface area contributed by atoms with Crippen LogP contribution in [0.15, 0.2) is 97.2 Å². The molecule has 0 aromatic rings. The molecule has 1 amide bonds. The Morgan fingerprint density at radius 2 is 0.718 bits per heavy atom. The molecule has 0 spiro atoms. The smallest absolute Gasteiger partial charge is 0.306 e. The van der Waals surface area contributed by atoms with Crippen LogP contribution in [0, 0.1) is 0 Å². The molecule has 0 radical (unpaired) electrons. The molecule has 3 unspecified atom stereocenters. The molecule has 0 aliphatic carbocycles. The van der Waals surface area contributed by atoms with Gasteiger partial charge in [-0.25, -0.2) is 0 Å². The molecule has 0 rings (SSSR count). The Balaban J connectivity index is 5.06. The lowest BCUT2D eigenvalue weighted by atomic mass is 10.0. The van der Waals surface area contributed by atoms with Gasteiger partial charge in [0.25, 0.3) is 7.82 Å². The van der Waals surface area contributed by atoms with Crippen molar-refractivity contribution in [3.63, 3.8) is 0 Å². The molecule has 85 heavy (non-hydrogen) atoms. The summed E-state index contributed by atoms with van der Waals surface area (Å²) in [5, 5.41) is 3.03. The number of hydrogen-bond acceptors (Lipinski definition) is 7. The predicted molar refractivity (Wildman–Crippen MR) is 367 cm³/mol. The fourth-order valence-corrected chi connectivity index (χ4v) is 10.7. The topological polar surface area (TPSA) is 114 Å². The van der Waals surface area contributed by atoms with Crippen LogP contribution in [0.1, 0.15) is 316 Å². The van der Waals surface area contributed by atoms with Crippen LogP contribution in [-0.4, -0.2) is 69.4 Å². The Kier molecular flexibility index (Phi) is 61.6. The summed E-state index contributed by atoms with van der Waals surface area (Å²) >= 11 is 0. The van der Waals surface area contributed by atoms with Gasteiger partial charge in [-0.1, -0.05) is 285 Å². The number of nitrogens with one attached hydrogen (secondary N) is 1. The predicted octanol–water partition coefficient (Wildman–Crippen LogP) is 22.0. The van der Waals surface area contributed by atoms with Gasteiger partial charge in [-0.2, -0.15) is 0 Å². The maximum atomic E-state index is 13.6. The third-order valence-electron chi connectivity index (χ3n) is 15.5. The minimum Gasteiger partial charge on any atom is -0.756 e. The molecule has 0 fully saturated rings. The Labute approximate surface area is 526 Å². The van der Waals surface area contributed by atoms with E-state index in [2.05, 4.69) is 111 Å². The van der Waals surface area contributed by atoms with Crippen molar-refractivity contribution in [1.29, 1.82) is 0 Å². The van der Waals surface area contributed by atoms with Crippen LogP contribution in [0.3, 0.4) is 0 Å². The van der Waals surface area contributed by atoms with E-state index < -0.39 is 26.6 Å². The molecule has 0 heterocycles. The first-order valence-electron chi connectivity index (χ1n) is 35.5. The maximum absolute atomic E-state index is 13.6. The normalized spacial score (nSPS) is 14.1. The zero-order valence-corrected chi connectivity index (χ0v) is 57.2. The third kappa shape index (κ3) is 65.2. The monoisotopic (exact) mass is 1210 g/mol. The number of phosphoric ester groups is 1. The summed E-state index contributed by atoms with van der Waals surface area (Å²) in [4.78, 5) is 40.2. The van der Waals surface area contributed by atoms with E-state index >= 15 is 0 Å². The van der Waals surface area contributed by atoms with Gasteiger partial charge >= 0.3 is 5.97 Å². The number of carbonyl (C=O) groups is 2. The fourth-order valence-electron chi connectivity index (χ4n) is 9.98. The molecular formula is C75H135N2O7P. The van der Waals surface area contributed by atoms with Crippen LogP contribution in [0.4, 0.5) is 0 Å². The number of amides is 1. The van der Waals surface area contributed by atoms with E-state index in [1.54, 1.807) is 0 Å². The minimum atomic E-state index is -4.71. The number of esters is 1. The number of quaternary nitrogens is 1. The zero-order valence-electron chi connectivity index (χ0n) is 56.3. The molecular weight excluding hydrogens is 1070 g/mol. The van der Waals surface area contributed by atoms with Crippen LogP contribution >= 0.6 is 7.82 Å². The second kappa shape index (κ2) is 63.9. The Morgan fingerprint density at radius 3 is 1.09 bits per heavy atom. The van der Waals surface area contributed by atoms with Gasteiger partial charge in [-0.05, 0) is 115 Å². The van der Waals surface area contributed by atoms with Gasteiger partial charge in [0, 0.05) is 12.8 Å². The second-order valence-electron chi connectivity index (χ2n) is 25.0. The standard InChI is InChI=1S/C75H135N2O7P/c1-7-10-13-16-19-22-25-27-29-31-33-35-37-38-40-42-44-46-48-50-53-56-59-62-65-68-75(79)84-73(66-63-60-57-54-51-24-21-18-15-12-9-3)72(71-83-85(80,81)82-70-69-77(4,5)6)76-74(78)67-64-61-58-55-52-49-47-45-43-41-39-36-34-32-30-28-26-23-20-17-14-11-8-2/h19-20,22-23,27-30,33-36,41,43,63,66,72-73H,7-18,21,24-26,31-32,37-40,42,44-62,64-65,67-71H2,1-6H3,(H-,76,78,80,81)/b22-19-,23-20-,29-27-,30-28-,35-33-,36-34-,43-41-,66-63+. The van der Waals surface area contributed by atoms with Crippen LogP contribution < -0.4 is 10.2 Å². The summed E-state index contributed by atoms with van der Waals surface area (Å²) in [5.74, 6) is -0.553. The fraction of sp³-hybridized carbons (Fsp3) is 0.760. The summed E-state index contributed by atoms with van der Waals surface area (Å²) in [6.07, 6.45) is 86.7. The molecule has 0 aliphatic heterocycles. The quantitative estimate of drug-likeness (QED) is 0.0212. The van der Waals surface area contributed by atoms with Crippen molar-refractivity contribution in [2.45, 2.75) is 328 Å². The SMILES string of the molecule is CCCCC/C=C\C/C=C\C/C=C\C/C=C\CCCCCCCCCC(=O)NC(COP(=O)([O-])OCC[N+](C)(C)C)C(/C=C/CCCCCCCCCCC)OC(=O)CCCCCCCCCCCCCC/C=C\C/C=C\C/C=C\CCCCC. The number of likely N-dealkylation sites (N-methyl/N-ethyl adjacent to an activating group) is 1. The van der Waals surface area contributed by atoms with Gasteiger partial charge in [-0.15, -0.1) is 0 Å². The number of hydrogen-bond donors (Lipinski definition) is 1. The number of allylic oxidation sites excluding steroid dienone is 15. The molecule has 3 atom stereocenters. The van der Waals surface area contributed by atoms with E-state index in [0.717, 1.165) is 103 Å². The summed E-state index contributed by atoms with van der Waals surface area (Å²) in [6, 6.07) is -0.901. The van der Waals surface area contributed by atoms with E-state index in [-0.39, 0.29) is 24.9 Å². The molecule has 10 heteroatoms. The van der Waals surface area contributed by atoms with Gasteiger partial charge < -0.3 is 28.5 Å². The van der Waals surface area contributed by atoms with Crippen LogP contribution in [0.5, 0.6) is 0 Å². The molecule has 492 valence electrons. The first kappa shape index (κ1) is 81.9. The average molecular weight is 1210 g/mol. The average Bonchev–Trinajstić information content (AvgIpc) is 3.62. The zero-order chi connectivity index (χ0) is 62.1. The number of unbranched alkanes of at least 4 members (excludes halogenated alkanes) is 34. The number of carbonyl (C=O) groups excluding carboxylic acids is 2. The first-order chi connectivity index (χ1) is 41.4. The Bertz CT molecular complexity index is 1780. The number of rotatable bonds is 64. The van der Waals surface area contributed by atoms with Gasteiger partial charge in [-0.3, -0.25) is 14.2 Å². The molecule has 0 aromatic carbocycles. The second-order valence-corrected chi connectivity index (χ2v) is 26.4. The minimum absolute atomic E-state index is 0.0285. The highest BCUT2D eigenvalue weighted by atomic mass is 31.2. The van der Waals surface area contributed by atoms with Crippen molar-refractivity contribution in [2.75, 3.05) is 40.9 Å². The van der Waals surface area contributed by atoms with Crippen molar-refractivity contribution < 1.29 is 37.3 Å². The summed E-state index contributed by atoms with van der Waals surface area (Å²) in [5.41, 5.74) is 0. The number of nitrogens with zero attached hydrogens (tertiary/aromatic N) is 1. The van der Waals surface area contributed by atoms with Gasteiger partial charge in [0.2, 0.25) is 5.91 Å². The highest BCUT2D eigenvalue weighted by Crippen LogP contribution is 2.38. The van der Waals surface area contributed by atoms with Crippen molar-refractivity contribution in [3.05, 3.63) is 97.2 Å². The van der Waals surface area contributed by atoms with Gasteiger partial charge in [0.1, 0.15) is 19.3 Å². The lowest BCUT2D eigenvalue weighted by Gasteiger charge is -2.30. The van der Waals surface area contributed by atoms with Gasteiger partial charge in [0.05, 0.1) is 33.8 Å². The molecule has 1 N–H and O–H groups in total. The van der Waals surface area contributed by atoms with Crippen LogP contribution in [-0.2, 0) is 27.9 Å². The number of phosphoric acid groups is 1. The van der Waals surface area contributed by atoms with E-state index in [4.69, 9.17) is 13.8 Å². The van der Waals surface area contributed by atoms with E-state index in [0.29, 0.717) is 17.4 Å². The van der Waals surface area contributed by atoms with E-state index in [1.807, 2.05) is 33.3 Å². The lowest BCUT2D eigenvalue weighted by Crippen LogP contribution is -2.47. The Hall–Kier alpha value is -3.07. The summed E-state index contributed by atoms with van der Waals surface area (Å²) < 4.78 is 30.4. The van der Waals surface area contributed by atoms with Crippen molar-refractivity contribution in [3.8, 4) is 0 Å². The number of ether oxygens (including phenoxy) is 1. The molecule has 9 nitrogen and oxygen atoms in total. The summed E-state index contributed by atoms with van der Waals surface area (Å²) in [6.45, 7) is 6.79. The molecule has 0 bridgehead atoms. The van der Waals surface area contributed by atoms with Crippen molar-refractivity contribution >= 4 is 19.7 Å². The van der Waals surface area contributed by atoms with Crippen LogP contribution in [0.2, 0.25) is 0 Å². The largest absolute Gasteiger partial charge is 0.756 e. The highest BCUT2D eigenvalue weighted by molar-refractivity contribution is 7.45. The molecule has 0 saturated carbocycles. The van der Waals surface area contributed by atoms with E-state index in [9.17, 15) is 19.0 Å². The molecule has 0 saturated heterocycles. The molecule has 0 aliphatic rings. The van der Waals surface area contributed by atoms with Crippen LogP contribution in [0.25, 0.3) is 0 Å². The van der Waals surface area contributed by atoms with Crippen molar-refractivity contribution in [2.24, 2.45) is 0 Å². The summed E-state index contributed by atoms with van der Waals surface area (Å²) in [7, 11) is 1.17. The third-order valence-corrected chi connectivity index (χ3v) is 16.5. The molecule has 0 aromatic heterocycles. The van der Waals surface area contributed by atoms with Crippen molar-refractivity contribution in [1.82, 2.24) is 5.32 Å². The Morgan fingerprint density at radius 1 is 0.412 bits per heavy atom. The highest BCUT2D eigenvalue weighted by Gasteiger charge is 2.27. The van der Waals surface area contributed by atoms with Gasteiger partial charge in [0.15, 0.2) is 0 Å². The first-order valence-corrected chi connectivity index (χ1v) is 37.0.